The number of nitrogens with zero attached hydrogens (tertiary/aromatic N) is 6. The van der Waals surface area contributed by atoms with Crippen molar-refractivity contribution in [1.29, 1.82) is 0 Å². The second-order valence-electron chi connectivity index (χ2n) is 6.07. The van der Waals surface area contributed by atoms with Crippen molar-refractivity contribution in [3.05, 3.63) is 24.3 Å². The molecule has 1 aliphatic heterocycles. The van der Waals surface area contributed by atoms with E-state index in [0.29, 0.717) is 11.2 Å². The van der Waals surface area contributed by atoms with Crippen molar-refractivity contribution in [2.45, 2.75) is 37.9 Å². The van der Waals surface area contributed by atoms with E-state index in [1.54, 1.807) is 6.20 Å². The molecule has 0 unspecified atom stereocenters. The van der Waals surface area contributed by atoms with Crippen molar-refractivity contribution < 1.29 is 20.1 Å². The van der Waals surface area contributed by atoms with Crippen molar-refractivity contribution >= 4 is 17.0 Å². The molecular weight excluding hydrogens is 342 g/mol. The van der Waals surface area contributed by atoms with Gasteiger partial charge in [-0.05, 0) is 12.5 Å². The van der Waals surface area contributed by atoms with Gasteiger partial charge in [0.1, 0.15) is 23.8 Å². The molecule has 26 heavy (non-hydrogen) atoms. The van der Waals surface area contributed by atoms with Crippen LogP contribution in [0.15, 0.2) is 18.6 Å². The van der Waals surface area contributed by atoms with Gasteiger partial charge in [0, 0.05) is 6.20 Å². The van der Waals surface area contributed by atoms with Gasteiger partial charge in [-0.15, -0.1) is 0 Å². The van der Waals surface area contributed by atoms with E-state index in [9.17, 15) is 15.3 Å². The third-order valence-corrected chi connectivity index (χ3v) is 4.44. The summed E-state index contributed by atoms with van der Waals surface area (Å²) in [6.45, 7) is 1.57. The van der Waals surface area contributed by atoms with Gasteiger partial charge < -0.3 is 25.8 Å². The number of aliphatic hydroxyl groups is 3. The molecule has 0 radical (unpaired) electrons. The molecule has 4 heterocycles. The summed E-state index contributed by atoms with van der Waals surface area (Å²) in [6.07, 6.45) is -0.430. The molecule has 3 aromatic heterocycles. The monoisotopic (exact) mass is 361 g/mol. The van der Waals surface area contributed by atoms with Crippen molar-refractivity contribution in [3.63, 3.8) is 0 Å². The van der Waals surface area contributed by atoms with Crippen LogP contribution in [0, 0.1) is 0 Å². The summed E-state index contributed by atoms with van der Waals surface area (Å²) in [5, 5.41) is 33.9. The molecule has 1 fully saturated rings. The molecule has 0 spiro atoms. The number of nitrogens with two attached hydrogens (primary N) is 1. The number of ether oxygens (including phenoxy) is 1. The molecule has 0 bridgehead atoms. The maximum Gasteiger partial charge on any atom is 0.254 e. The maximum atomic E-state index is 10.3. The van der Waals surface area contributed by atoms with E-state index < -0.39 is 31.1 Å². The maximum absolute atomic E-state index is 10.3. The van der Waals surface area contributed by atoms with Crippen molar-refractivity contribution in [2.24, 2.45) is 0 Å². The van der Waals surface area contributed by atoms with Crippen LogP contribution in [0.5, 0.6) is 0 Å². The number of aliphatic hydroxyl groups excluding tert-OH is 3. The van der Waals surface area contributed by atoms with Crippen LogP contribution in [0.25, 0.3) is 17.1 Å². The second-order valence-corrected chi connectivity index (χ2v) is 6.07. The third kappa shape index (κ3) is 2.52. The Bertz CT molecular complexity index is 939. The van der Waals surface area contributed by atoms with E-state index in [4.69, 9.17) is 10.5 Å². The molecule has 1 aliphatic rings. The topological polar surface area (TPSA) is 157 Å². The Labute approximate surface area is 147 Å². The number of anilines is 1. The first-order valence-corrected chi connectivity index (χ1v) is 8.21. The van der Waals surface area contributed by atoms with Gasteiger partial charge in [-0.1, -0.05) is 6.92 Å². The molecular formula is C15H19N7O4. The normalized spacial score (nSPS) is 26.0. The minimum Gasteiger partial charge on any atom is -0.394 e. The summed E-state index contributed by atoms with van der Waals surface area (Å²) in [7, 11) is 0. The molecule has 11 heteroatoms. The Kier molecular flexibility index (Phi) is 4.07. The molecule has 0 saturated carbocycles. The van der Waals surface area contributed by atoms with E-state index in [0.717, 1.165) is 12.1 Å². The first-order valence-electron chi connectivity index (χ1n) is 8.21. The molecule has 4 atom stereocenters. The van der Waals surface area contributed by atoms with Crippen LogP contribution in [0.1, 0.15) is 18.8 Å². The highest BCUT2D eigenvalue weighted by molar-refractivity contribution is 5.82. The lowest BCUT2D eigenvalue weighted by Crippen LogP contribution is -2.33. The highest BCUT2D eigenvalue weighted by atomic mass is 16.6. The molecule has 3 aromatic rings. The highest BCUT2D eigenvalue weighted by Crippen LogP contribution is 2.32. The molecule has 4 rings (SSSR count). The zero-order valence-corrected chi connectivity index (χ0v) is 14.0. The number of aryl methyl sites for hydroxylation is 1. The van der Waals surface area contributed by atoms with Crippen molar-refractivity contribution in [2.75, 3.05) is 12.3 Å². The fraction of sp³-hybridized carbons (Fsp3) is 0.467. The SMILES string of the molecule is CCc1ccn(-c2nc(N)c3ncn([C@@H]4O[C@H](CO)[C@@H](O)[C@H]4O)c3n2)n1. The molecule has 138 valence electrons. The molecule has 0 aromatic carbocycles. The largest absolute Gasteiger partial charge is 0.394 e. The van der Waals surface area contributed by atoms with E-state index in [1.165, 1.54) is 15.6 Å². The number of fused-ring (bicyclic) bond motifs is 1. The summed E-state index contributed by atoms with van der Waals surface area (Å²) >= 11 is 0. The van der Waals surface area contributed by atoms with E-state index in [2.05, 4.69) is 20.1 Å². The van der Waals surface area contributed by atoms with Crippen LogP contribution < -0.4 is 5.73 Å². The van der Waals surface area contributed by atoms with Crippen molar-refractivity contribution in [3.8, 4) is 5.95 Å². The predicted octanol–water partition coefficient (Wildman–Crippen LogP) is -1.23. The fourth-order valence-corrected chi connectivity index (χ4v) is 2.99. The molecule has 0 amide bonds. The number of hydrogen-bond acceptors (Lipinski definition) is 9. The lowest BCUT2D eigenvalue weighted by Gasteiger charge is -2.16. The fourth-order valence-electron chi connectivity index (χ4n) is 2.99. The first-order chi connectivity index (χ1) is 12.5. The van der Waals surface area contributed by atoms with Gasteiger partial charge >= 0.3 is 0 Å². The summed E-state index contributed by atoms with van der Waals surface area (Å²) in [4.78, 5) is 12.8. The number of rotatable bonds is 4. The standard InChI is InChI=1S/C15H19N7O4/c1-2-7-3-4-22(20-7)15-18-12(16)9-13(19-15)21(6-17-9)14-11(25)10(24)8(5-23)26-14/h3-4,6,8,10-11,14,23-25H,2,5H2,1H3,(H2,16,18,19)/t8-,10-,11-,14-/m1/s1. The summed E-state index contributed by atoms with van der Waals surface area (Å²) < 4.78 is 8.51. The molecule has 1 saturated heterocycles. The van der Waals surface area contributed by atoms with E-state index in [-0.39, 0.29) is 11.8 Å². The molecule has 0 aliphatic carbocycles. The Morgan fingerprint density at radius 1 is 1.27 bits per heavy atom. The minimum absolute atomic E-state index is 0.157. The predicted molar refractivity (Wildman–Crippen MR) is 89.2 cm³/mol. The number of aromatic nitrogens is 6. The van der Waals surface area contributed by atoms with Gasteiger partial charge in [0.2, 0.25) is 0 Å². The van der Waals surface area contributed by atoms with Gasteiger partial charge in [-0.25, -0.2) is 9.67 Å². The third-order valence-electron chi connectivity index (χ3n) is 4.44. The summed E-state index contributed by atoms with van der Waals surface area (Å²) in [5.41, 5.74) is 7.55. The lowest BCUT2D eigenvalue weighted by molar-refractivity contribution is -0.0511. The summed E-state index contributed by atoms with van der Waals surface area (Å²) in [6, 6.07) is 1.85. The van der Waals surface area contributed by atoms with Crippen LogP contribution in [0.2, 0.25) is 0 Å². The van der Waals surface area contributed by atoms with Gasteiger partial charge in [-0.2, -0.15) is 15.1 Å². The van der Waals surface area contributed by atoms with Crippen LogP contribution >= 0.6 is 0 Å². The van der Waals surface area contributed by atoms with Crippen LogP contribution in [0.4, 0.5) is 5.82 Å². The minimum atomic E-state index is -1.25. The highest BCUT2D eigenvalue weighted by Gasteiger charge is 2.44. The van der Waals surface area contributed by atoms with Gasteiger partial charge in [-0.3, -0.25) is 4.57 Å². The Morgan fingerprint density at radius 3 is 2.73 bits per heavy atom. The van der Waals surface area contributed by atoms with Gasteiger partial charge in [0.05, 0.1) is 18.6 Å². The van der Waals surface area contributed by atoms with E-state index in [1.807, 2.05) is 13.0 Å². The number of hydrogen-bond donors (Lipinski definition) is 4. The Morgan fingerprint density at radius 2 is 2.08 bits per heavy atom. The summed E-state index contributed by atoms with van der Waals surface area (Å²) in [5.74, 6) is 0.409. The first kappa shape index (κ1) is 16.8. The molecule has 11 nitrogen and oxygen atoms in total. The Balaban J connectivity index is 1.80. The smallest absolute Gasteiger partial charge is 0.254 e. The van der Waals surface area contributed by atoms with Gasteiger partial charge in [0.25, 0.3) is 5.95 Å². The van der Waals surface area contributed by atoms with Crippen LogP contribution in [-0.4, -0.2) is 69.5 Å². The zero-order chi connectivity index (χ0) is 18.4. The number of nitrogen functional groups attached to an aromatic ring is 1. The van der Waals surface area contributed by atoms with Crippen molar-refractivity contribution in [1.82, 2.24) is 29.3 Å². The quantitative estimate of drug-likeness (QED) is 0.446. The average molecular weight is 361 g/mol. The van der Waals surface area contributed by atoms with E-state index >= 15 is 0 Å². The average Bonchev–Trinajstić information content (AvgIpc) is 3.34. The molecule has 5 N–H and O–H groups in total. The Hall–Kier alpha value is -2.60. The number of imidazole rings is 1. The second kappa shape index (κ2) is 6.29. The lowest BCUT2D eigenvalue weighted by atomic mass is 10.1. The van der Waals surface area contributed by atoms with Gasteiger partial charge in [0.15, 0.2) is 17.7 Å². The van der Waals surface area contributed by atoms with Crippen LogP contribution in [0.3, 0.4) is 0 Å². The zero-order valence-electron chi connectivity index (χ0n) is 14.0. The van der Waals surface area contributed by atoms with Crippen LogP contribution in [-0.2, 0) is 11.2 Å².